The molecule has 1 atom stereocenters. The first kappa shape index (κ1) is 21.7. The SMILES string of the molecule is CCCCCCCCC(CCn1ccnc1)SCc1ccc(Cl)cc1Cl. The van der Waals surface area contributed by atoms with Crippen LogP contribution in [-0.4, -0.2) is 14.8 Å². The molecule has 1 unspecified atom stereocenters. The Labute approximate surface area is 172 Å². The zero-order valence-electron chi connectivity index (χ0n) is 15.7. The van der Waals surface area contributed by atoms with E-state index in [1.165, 1.54) is 56.9 Å². The number of halogens is 2. The monoisotopic (exact) mass is 412 g/mol. The number of benzene rings is 1. The number of unbranched alkanes of at least 4 members (excludes halogenated alkanes) is 5. The van der Waals surface area contributed by atoms with Crippen LogP contribution in [0.15, 0.2) is 36.9 Å². The molecule has 0 fully saturated rings. The average molecular weight is 413 g/mol. The molecular weight excluding hydrogens is 383 g/mol. The third kappa shape index (κ3) is 8.37. The van der Waals surface area contributed by atoms with E-state index < -0.39 is 0 Å². The molecule has 0 aliphatic heterocycles. The molecular formula is C21H30Cl2N2S. The molecule has 2 aromatic rings. The van der Waals surface area contributed by atoms with E-state index in [1.807, 2.05) is 42.6 Å². The minimum absolute atomic E-state index is 0.648. The van der Waals surface area contributed by atoms with Crippen molar-refractivity contribution in [3.8, 4) is 0 Å². The Morgan fingerprint density at radius 3 is 2.62 bits per heavy atom. The van der Waals surface area contributed by atoms with Gasteiger partial charge in [0.2, 0.25) is 0 Å². The van der Waals surface area contributed by atoms with Gasteiger partial charge >= 0.3 is 0 Å². The van der Waals surface area contributed by atoms with Gasteiger partial charge in [0.1, 0.15) is 0 Å². The zero-order chi connectivity index (χ0) is 18.6. The summed E-state index contributed by atoms with van der Waals surface area (Å²) in [6, 6.07) is 5.82. The molecule has 2 nitrogen and oxygen atoms in total. The highest BCUT2D eigenvalue weighted by Crippen LogP contribution is 2.30. The van der Waals surface area contributed by atoms with Crippen LogP contribution in [0.3, 0.4) is 0 Å². The van der Waals surface area contributed by atoms with Crippen LogP contribution in [0.2, 0.25) is 10.0 Å². The van der Waals surface area contributed by atoms with Crippen molar-refractivity contribution in [3.05, 3.63) is 52.5 Å². The summed E-state index contributed by atoms with van der Waals surface area (Å²) in [5, 5.41) is 2.13. The van der Waals surface area contributed by atoms with Crippen LogP contribution < -0.4 is 0 Å². The van der Waals surface area contributed by atoms with Crippen LogP contribution in [0.25, 0.3) is 0 Å². The lowest BCUT2D eigenvalue weighted by Crippen LogP contribution is -2.08. The quantitative estimate of drug-likeness (QED) is 0.314. The molecule has 0 saturated carbocycles. The van der Waals surface area contributed by atoms with E-state index in [1.54, 1.807) is 0 Å². The number of thioether (sulfide) groups is 1. The minimum Gasteiger partial charge on any atom is -0.337 e. The summed E-state index contributed by atoms with van der Waals surface area (Å²) >= 11 is 14.4. The van der Waals surface area contributed by atoms with Gasteiger partial charge in [-0.25, -0.2) is 4.98 Å². The zero-order valence-corrected chi connectivity index (χ0v) is 18.0. The first-order valence-electron chi connectivity index (χ1n) is 9.70. The smallest absolute Gasteiger partial charge is 0.0945 e. The summed E-state index contributed by atoms with van der Waals surface area (Å²) in [6.45, 7) is 3.30. The number of hydrogen-bond donors (Lipinski definition) is 0. The maximum atomic E-state index is 6.34. The largest absolute Gasteiger partial charge is 0.337 e. The maximum Gasteiger partial charge on any atom is 0.0945 e. The van der Waals surface area contributed by atoms with E-state index in [9.17, 15) is 0 Å². The number of imidazole rings is 1. The Morgan fingerprint density at radius 1 is 1.08 bits per heavy atom. The van der Waals surface area contributed by atoms with Crippen molar-refractivity contribution in [1.29, 1.82) is 0 Å². The molecule has 1 aromatic carbocycles. The molecule has 0 N–H and O–H groups in total. The van der Waals surface area contributed by atoms with Crippen molar-refractivity contribution >= 4 is 35.0 Å². The second kappa shape index (κ2) is 12.7. The van der Waals surface area contributed by atoms with Gasteiger partial charge in [0.25, 0.3) is 0 Å². The van der Waals surface area contributed by atoms with Crippen LogP contribution in [0.4, 0.5) is 0 Å². The first-order valence-corrected chi connectivity index (χ1v) is 11.5. The Kier molecular flexibility index (Phi) is 10.6. The van der Waals surface area contributed by atoms with Crippen molar-refractivity contribution in [3.63, 3.8) is 0 Å². The highest BCUT2D eigenvalue weighted by atomic mass is 35.5. The summed E-state index contributed by atoms with van der Waals surface area (Å²) < 4.78 is 2.17. The number of aryl methyl sites for hydroxylation is 1. The molecule has 2 rings (SSSR count). The summed E-state index contributed by atoms with van der Waals surface area (Å²) in [5.74, 6) is 0.945. The van der Waals surface area contributed by atoms with Crippen LogP contribution >= 0.6 is 35.0 Å². The van der Waals surface area contributed by atoms with E-state index in [0.717, 1.165) is 17.3 Å². The van der Waals surface area contributed by atoms with Crippen LogP contribution in [-0.2, 0) is 12.3 Å². The van der Waals surface area contributed by atoms with Gasteiger partial charge in [-0.2, -0.15) is 11.8 Å². The van der Waals surface area contributed by atoms with Crippen molar-refractivity contribution in [2.75, 3.05) is 0 Å². The summed E-state index contributed by atoms with van der Waals surface area (Å²) in [7, 11) is 0. The van der Waals surface area contributed by atoms with Crippen molar-refractivity contribution in [2.24, 2.45) is 0 Å². The molecule has 26 heavy (non-hydrogen) atoms. The average Bonchev–Trinajstić information content (AvgIpc) is 3.14. The van der Waals surface area contributed by atoms with Crippen molar-refractivity contribution < 1.29 is 0 Å². The molecule has 1 heterocycles. The second-order valence-corrected chi connectivity index (χ2v) is 8.95. The fraction of sp³-hybridized carbons (Fsp3) is 0.571. The third-order valence-corrected chi connectivity index (χ3v) is 6.65. The highest BCUT2D eigenvalue weighted by Gasteiger charge is 2.11. The second-order valence-electron chi connectivity index (χ2n) is 6.81. The molecule has 1 aromatic heterocycles. The lowest BCUT2D eigenvalue weighted by atomic mass is 10.1. The molecule has 0 radical (unpaired) electrons. The van der Waals surface area contributed by atoms with Gasteiger partial charge in [0.15, 0.2) is 0 Å². The van der Waals surface area contributed by atoms with Gasteiger partial charge in [0.05, 0.1) is 6.33 Å². The molecule has 0 bridgehead atoms. The van der Waals surface area contributed by atoms with Crippen molar-refractivity contribution in [1.82, 2.24) is 9.55 Å². The van der Waals surface area contributed by atoms with Crippen LogP contribution in [0.1, 0.15) is 63.9 Å². The van der Waals surface area contributed by atoms with Gasteiger partial charge in [0, 0.05) is 40.0 Å². The van der Waals surface area contributed by atoms with Gasteiger partial charge in [-0.3, -0.25) is 0 Å². The lowest BCUT2D eigenvalue weighted by Gasteiger charge is -2.17. The first-order chi connectivity index (χ1) is 12.7. The molecule has 0 saturated heterocycles. The van der Waals surface area contributed by atoms with E-state index in [0.29, 0.717) is 10.3 Å². The predicted molar refractivity (Wildman–Crippen MR) is 116 cm³/mol. The molecule has 0 aliphatic rings. The fourth-order valence-electron chi connectivity index (χ4n) is 3.02. The molecule has 0 aliphatic carbocycles. The predicted octanol–water partition coefficient (Wildman–Crippen LogP) is 7.63. The van der Waals surface area contributed by atoms with Gasteiger partial charge in [-0.1, -0.05) is 74.7 Å². The van der Waals surface area contributed by atoms with E-state index in [2.05, 4.69) is 22.5 Å². The summed E-state index contributed by atoms with van der Waals surface area (Å²) in [5.41, 5.74) is 1.18. The number of aromatic nitrogens is 2. The summed E-state index contributed by atoms with van der Waals surface area (Å²) in [4.78, 5) is 4.14. The van der Waals surface area contributed by atoms with Crippen molar-refractivity contribution in [2.45, 2.75) is 75.8 Å². The van der Waals surface area contributed by atoms with Crippen LogP contribution in [0, 0.1) is 0 Å². The molecule has 0 amide bonds. The standard InChI is InChI=1S/C21H30Cl2N2S/c1-2-3-4-5-6-7-8-20(11-13-25-14-12-24-17-25)26-16-18-9-10-19(22)15-21(18)23/h9-10,12,14-15,17,20H,2-8,11,13,16H2,1H3. The summed E-state index contributed by atoms with van der Waals surface area (Å²) in [6.07, 6.45) is 16.3. The number of nitrogens with zero attached hydrogens (tertiary/aromatic N) is 2. The van der Waals surface area contributed by atoms with Gasteiger partial charge < -0.3 is 4.57 Å². The number of rotatable bonds is 13. The number of hydrogen-bond acceptors (Lipinski definition) is 2. The Hall–Kier alpha value is -0.640. The van der Waals surface area contributed by atoms with E-state index in [-0.39, 0.29) is 0 Å². The maximum absolute atomic E-state index is 6.34. The van der Waals surface area contributed by atoms with E-state index in [4.69, 9.17) is 23.2 Å². The molecule has 5 heteroatoms. The third-order valence-electron chi connectivity index (χ3n) is 4.64. The fourth-order valence-corrected chi connectivity index (χ4v) is 4.85. The molecule has 0 spiro atoms. The minimum atomic E-state index is 0.648. The molecule has 144 valence electrons. The topological polar surface area (TPSA) is 17.8 Å². The van der Waals surface area contributed by atoms with E-state index >= 15 is 0 Å². The lowest BCUT2D eigenvalue weighted by molar-refractivity contribution is 0.547. The highest BCUT2D eigenvalue weighted by molar-refractivity contribution is 7.99. The van der Waals surface area contributed by atoms with Crippen LogP contribution in [0.5, 0.6) is 0 Å². The Balaban J connectivity index is 1.80. The van der Waals surface area contributed by atoms with Gasteiger partial charge in [-0.05, 0) is 30.5 Å². The Bertz CT molecular complexity index is 616. The van der Waals surface area contributed by atoms with Gasteiger partial charge in [-0.15, -0.1) is 0 Å². The normalized spacial score (nSPS) is 12.4. The Morgan fingerprint density at radius 2 is 1.88 bits per heavy atom.